The molecular formula is C35H41N3O7. The van der Waals surface area contributed by atoms with E-state index in [-0.39, 0.29) is 56.4 Å². The van der Waals surface area contributed by atoms with E-state index in [1.165, 1.54) is 11.1 Å². The normalized spacial score (nSPS) is 17.4. The van der Waals surface area contributed by atoms with Gasteiger partial charge in [0, 0.05) is 49.2 Å². The molecule has 2 aromatic rings. The molecular weight excluding hydrogens is 574 g/mol. The predicted octanol–water partition coefficient (Wildman–Crippen LogP) is 4.68. The van der Waals surface area contributed by atoms with E-state index in [0.717, 1.165) is 16.8 Å². The van der Waals surface area contributed by atoms with Gasteiger partial charge >= 0.3 is 5.97 Å². The summed E-state index contributed by atoms with van der Waals surface area (Å²) in [4.78, 5) is 68.8. The van der Waals surface area contributed by atoms with Crippen LogP contribution < -0.4 is 10.2 Å². The van der Waals surface area contributed by atoms with Crippen LogP contribution in [0, 0.1) is 10.8 Å². The minimum Gasteiger partial charge on any atom is -0.380 e. The van der Waals surface area contributed by atoms with E-state index in [4.69, 9.17) is 9.57 Å². The highest BCUT2D eigenvalue weighted by molar-refractivity contribution is 6.02. The smallest absolute Gasteiger partial charge is 0.333 e. The van der Waals surface area contributed by atoms with E-state index in [9.17, 15) is 24.0 Å². The summed E-state index contributed by atoms with van der Waals surface area (Å²) in [5, 5.41) is 3.49. The molecule has 0 saturated carbocycles. The second-order valence-electron chi connectivity index (χ2n) is 13.6. The van der Waals surface area contributed by atoms with Crippen molar-refractivity contribution >= 4 is 40.9 Å². The van der Waals surface area contributed by atoms with Crippen LogP contribution in [0.25, 0.3) is 5.57 Å². The number of rotatable bonds is 12. The number of imide groups is 1. The number of hydroxylamine groups is 2. The summed E-state index contributed by atoms with van der Waals surface area (Å²) in [5.41, 5.74) is 4.55. The summed E-state index contributed by atoms with van der Waals surface area (Å²) < 4.78 is 5.91. The van der Waals surface area contributed by atoms with Crippen molar-refractivity contribution in [3.63, 3.8) is 0 Å². The molecule has 10 nitrogen and oxygen atoms in total. The van der Waals surface area contributed by atoms with Gasteiger partial charge in [-0.25, -0.2) is 4.79 Å². The number of hydrogen-bond donors (Lipinski definition) is 1. The third kappa shape index (κ3) is 7.86. The first-order valence-corrected chi connectivity index (χ1v) is 15.4. The summed E-state index contributed by atoms with van der Waals surface area (Å²) in [7, 11) is 0. The van der Waals surface area contributed by atoms with E-state index >= 15 is 0 Å². The van der Waals surface area contributed by atoms with Gasteiger partial charge in [-0.2, -0.15) is 0 Å². The Morgan fingerprint density at radius 2 is 1.56 bits per heavy atom. The Morgan fingerprint density at radius 3 is 2.31 bits per heavy atom. The van der Waals surface area contributed by atoms with Crippen molar-refractivity contribution in [3.8, 4) is 0 Å². The maximum absolute atomic E-state index is 13.5. The van der Waals surface area contributed by atoms with E-state index in [1.807, 2.05) is 58.0 Å². The van der Waals surface area contributed by atoms with Crippen LogP contribution in [0.2, 0.25) is 0 Å². The topological polar surface area (TPSA) is 122 Å². The van der Waals surface area contributed by atoms with Crippen LogP contribution in [0.4, 0.5) is 5.69 Å². The first kappa shape index (κ1) is 32.1. The second-order valence-corrected chi connectivity index (χ2v) is 13.6. The highest BCUT2D eigenvalue weighted by Crippen LogP contribution is 2.51. The molecule has 45 heavy (non-hydrogen) atoms. The SMILES string of the molecule is CC(C)(CNC(=O)CCC(=O)N1Cc2ccccc2C2=CC2c2ccccc21)COCC(C)(C)CC(=O)ON1C(=O)CCC1=O. The highest BCUT2D eigenvalue weighted by Gasteiger charge is 2.36. The second kappa shape index (κ2) is 13.0. The van der Waals surface area contributed by atoms with Crippen molar-refractivity contribution in [1.29, 1.82) is 0 Å². The van der Waals surface area contributed by atoms with E-state index in [2.05, 4.69) is 29.6 Å². The van der Waals surface area contributed by atoms with Gasteiger partial charge in [0.2, 0.25) is 11.8 Å². The third-order valence-electron chi connectivity index (χ3n) is 8.23. The average molecular weight is 616 g/mol. The standard InChI is InChI=1S/C35H41N3O7/c1-34(2,18-33(43)45-38-31(41)15-16-32(38)42)21-44-22-35(3,4)20-36-29(39)13-14-30(40)37-19-23-9-5-6-10-24(23)26-17-27(26)25-11-7-8-12-28(25)37/h5-12,17,27H,13-16,18-22H2,1-4H3,(H,36,39). The quantitative estimate of drug-likeness (QED) is 0.344. The number of nitrogens with zero attached hydrogens (tertiary/aromatic N) is 2. The third-order valence-corrected chi connectivity index (χ3v) is 8.23. The summed E-state index contributed by atoms with van der Waals surface area (Å²) in [6, 6.07) is 16.2. The van der Waals surface area contributed by atoms with Crippen LogP contribution in [-0.2, 0) is 40.1 Å². The summed E-state index contributed by atoms with van der Waals surface area (Å²) in [6.45, 7) is 8.91. The number of allylic oxidation sites excluding steroid dienone is 2. The Morgan fingerprint density at radius 1 is 0.889 bits per heavy atom. The van der Waals surface area contributed by atoms with Crippen LogP contribution in [0.3, 0.4) is 0 Å². The van der Waals surface area contributed by atoms with Gasteiger partial charge in [0.05, 0.1) is 26.2 Å². The zero-order valence-corrected chi connectivity index (χ0v) is 26.4. The number of fused-ring (bicyclic) bond motifs is 5. The molecule has 2 heterocycles. The first-order chi connectivity index (χ1) is 21.3. The Balaban J connectivity index is 1.07. The molecule has 1 aliphatic carbocycles. The molecule has 0 spiro atoms. The number of amides is 4. The lowest BCUT2D eigenvalue weighted by Crippen LogP contribution is -2.39. The van der Waals surface area contributed by atoms with Gasteiger partial charge in [0.1, 0.15) is 0 Å². The number of carbonyl (C=O) groups is 5. The van der Waals surface area contributed by atoms with Crippen molar-refractivity contribution in [3.05, 3.63) is 71.3 Å². The van der Waals surface area contributed by atoms with Crippen LogP contribution in [-0.4, -0.2) is 54.4 Å². The minimum absolute atomic E-state index is 0.0410. The van der Waals surface area contributed by atoms with E-state index in [0.29, 0.717) is 24.8 Å². The van der Waals surface area contributed by atoms with E-state index in [1.54, 1.807) is 4.90 Å². The number of nitrogens with one attached hydrogen (secondary N) is 1. The lowest BCUT2D eigenvalue weighted by atomic mass is 9.90. The summed E-state index contributed by atoms with van der Waals surface area (Å²) >= 11 is 0. The number of para-hydroxylation sites is 1. The molecule has 238 valence electrons. The maximum Gasteiger partial charge on any atom is 0.333 e. The molecule has 1 atom stereocenters. The van der Waals surface area contributed by atoms with Crippen LogP contribution in [0.5, 0.6) is 0 Å². The first-order valence-electron chi connectivity index (χ1n) is 15.4. The van der Waals surface area contributed by atoms with Crippen LogP contribution in [0.15, 0.2) is 54.6 Å². The average Bonchev–Trinajstić information content (AvgIpc) is 3.71. The number of anilines is 1. The minimum atomic E-state index is -0.675. The number of hydrogen-bond acceptors (Lipinski definition) is 7. The van der Waals surface area contributed by atoms with Gasteiger partial charge in [-0.15, -0.1) is 5.06 Å². The van der Waals surface area contributed by atoms with E-state index < -0.39 is 28.6 Å². The molecule has 5 rings (SSSR count). The zero-order valence-electron chi connectivity index (χ0n) is 26.4. The number of ether oxygens (including phenoxy) is 1. The van der Waals surface area contributed by atoms with Crippen molar-refractivity contribution in [2.24, 2.45) is 10.8 Å². The van der Waals surface area contributed by atoms with Crippen molar-refractivity contribution in [1.82, 2.24) is 10.4 Å². The lowest BCUT2D eigenvalue weighted by molar-refractivity contribution is -0.199. The van der Waals surface area contributed by atoms with Crippen LogP contribution in [0.1, 0.15) is 82.4 Å². The Labute approximate surface area is 263 Å². The van der Waals surface area contributed by atoms with Crippen molar-refractivity contribution < 1.29 is 33.5 Å². The fourth-order valence-corrected chi connectivity index (χ4v) is 5.73. The Bertz CT molecular complexity index is 1530. The molecule has 1 fully saturated rings. The molecule has 1 unspecified atom stereocenters. The monoisotopic (exact) mass is 615 g/mol. The van der Waals surface area contributed by atoms with Crippen LogP contribution >= 0.6 is 0 Å². The number of benzene rings is 2. The summed E-state index contributed by atoms with van der Waals surface area (Å²) in [5.74, 6) is -1.81. The van der Waals surface area contributed by atoms with Gasteiger partial charge in [0.25, 0.3) is 11.8 Å². The number of carbonyl (C=O) groups excluding carboxylic acids is 5. The van der Waals surface area contributed by atoms with Gasteiger partial charge in [-0.05, 0) is 33.7 Å². The maximum atomic E-state index is 13.5. The molecule has 2 aromatic carbocycles. The molecule has 1 saturated heterocycles. The van der Waals surface area contributed by atoms with Gasteiger partial charge in [0.15, 0.2) is 0 Å². The zero-order chi connectivity index (χ0) is 32.4. The molecule has 0 bridgehead atoms. The molecule has 3 aliphatic rings. The molecule has 2 aliphatic heterocycles. The van der Waals surface area contributed by atoms with Gasteiger partial charge in [-0.1, -0.05) is 76.2 Å². The highest BCUT2D eigenvalue weighted by atomic mass is 16.7. The fraction of sp³-hybridized carbons (Fsp3) is 0.457. The Hall–Kier alpha value is -4.31. The Kier molecular flexibility index (Phi) is 9.25. The molecule has 0 aromatic heterocycles. The summed E-state index contributed by atoms with van der Waals surface area (Å²) in [6.07, 6.45) is 2.44. The largest absolute Gasteiger partial charge is 0.380 e. The van der Waals surface area contributed by atoms with Gasteiger partial charge < -0.3 is 19.8 Å². The molecule has 10 heteroatoms. The predicted molar refractivity (Wildman–Crippen MR) is 167 cm³/mol. The molecule has 1 N–H and O–H groups in total. The fourth-order valence-electron chi connectivity index (χ4n) is 5.73. The van der Waals surface area contributed by atoms with Gasteiger partial charge in [-0.3, -0.25) is 19.2 Å². The lowest BCUT2D eigenvalue weighted by Gasteiger charge is -2.29. The van der Waals surface area contributed by atoms with Crippen molar-refractivity contribution in [2.75, 3.05) is 24.7 Å². The molecule has 0 radical (unpaired) electrons. The molecule has 4 amide bonds. The van der Waals surface area contributed by atoms with Crippen molar-refractivity contribution in [2.45, 2.75) is 72.3 Å².